The van der Waals surface area contributed by atoms with Crippen LogP contribution in [0.5, 0.6) is 5.75 Å². The molecule has 0 spiro atoms. The number of ether oxygens (including phenoxy) is 2. The van der Waals surface area contributed by atoms with Crippen LogP contribution < -0.4 is 15.4 Å². The van der Waals surface area contributed by atoms with E-state index < -0.39 is 0 Å². The Hall–Kier alpha value is -1.02. The monoisotopic (exact) mass is 435 g/mol. The highest BCUT2D eigenvalue weighted by Gasteiger charge is 2.16. The van der Waals surface area contributed by atoms with Gasteiger partial charge in [-0.05, 0) is 51.0 Å². The van der Waals surface area contributed by atoms with Gasteiger partial charge in [0.1, 0.15) is 12.4 Å². The first-order valence-electron chi connectivity index (χ1n) is 7.57. The van der Waals surface area contributed by atoms with Gasteiger partial charge in [0.15, 0.2) is 5.96 Å². The second-order valence-corrected chi connectivity index (χ2v) is 5.99. The molecule has 1 aromatic carbocycles. The lowest BCUT2D eigenvalue weighted by Gasteiger charge is -2.24. The normalized spacial score (nSPS) is 11.7. The summed E-state index contributed by atoms with van der Waals surface area (Å²) < 4.78 is 11.1. The largest absolute Gasteiger partial charge is 0.492 e. The number of methoxy groups -OCH3 is 1. The summed E-state index contributed by atoms with van der Waals surface area (Å²) in [6, 6.07) is 6.22. The Labute approximate surface area is 157 Å². The smallest absolute Gasteiger partial charge is 0.191 e. The maximum Gasteiger partial charge on any atom is 0.191 e. The van der Waals surface area contributed by atoms with Crippen molar-refractivity contribution in [2.75, 3.05) is 33.9 Å². The van der Waals surface area contributed by atoms with Crippen LogP contribution in [0, 0.1) is 13.8 Å². The quantitative estimate of drug-likeness (QED) is 0.299. The molecule has 2 N–H and O–H groups in total. The molecule has 0 aromatic heterocycles. The van der Waals surface area contributed by atoms with E-state index in [1.165, 1.54) is 11.1 Å². The molecular formula is C17H30IN3O2. The number of halogens is 1. The highest BCUT2D eigenvalue weighted by Crippen LogP contribution is 2.15. The Bertz CT molecular complexity index is 484. The van der Waals surface area contributed by atoms with Gasteiger partial charge in [0, 0.05) is 20.7 Å². The zero-order chi connectivity index (χ0) is 16.6. The van der Waals surface area contributed by atoms with Gasteiger partial charge < -0.3 is 20.1 Å². The van der Waals surface area contributed by atoms with Crippen molar-refractivity contribution in [2.24, 2.45) is 4.99 Å². The Balaban J connectivity index is 0.00000484. The molecule has 1 rings (SSSR count). The standard InChI is InChI=1S/C17H29N3O2.HI/c1-13-9-14(2)11-15(10-13)22-8-7-19-16(18-5)20-12-17(3,4)21-6;/h9-11H,7-8,12H2,1-6H3,(H2,18,19,20);1H. The fraction of sp³-hybridized carbons (Fsp3) is 0.588. The molecule has 1 aromatic rings. The Morgan fingerprint density at radius 2 is 1.74 bits per heavy atom. The maximum atomic E-state index is 5.76. The molecule has 0 heterocycles. The van der Waals surface area contributed by atoms with E-state index in [2.05, 4.69) is 35.5 Å². The number of rotatable bonds is 7. The molecule has 0 saturated carbocycles. The Kier molecular flexibility index (Phi) is 10.2. The van der Waals surface area contributed by atoms with Crippen molar-refractivity contribution in [3.05, 3.63) is 29.3 Å². The summed E-state index contributed by atoms with van der Waals surface area (Å²) in [7, 11) is 3.45. The third kappa shape index (κ3) is 9.00. The average Bonchev–Trinajstić information content (AvgIpc) is 2.45. The second kappa shape index (κ2) is 10.7. The zero-order valence-corrected chi connectivity index (χ0v) is 17.4. The van der Waals surface area contributed by atoms with Crippen molar-refractivity contribution in [3.8, 4) is 5.75 Å². The number of nitrogens with zero attached hydrogens (tertiary/aromatic N) is 1. The van der Waals surface area contributed by atoms with Crippen LogP contribution in [0.2, 0.25) is 0 Å². The van der Waals surface area contributed by atoms with Gasteiger partial charge >= 0.3 is 0 Å². The number of hydrogen-bond donors (Lipinski definition) is 2. The van der Waals surface area contributed by atoms with Crippen molar-refractivity contribution in [3.63, 3.8) is 0 Å². The molecule has 0 aliphatic carbocycles. The minimum atomic E-state index is -0.229. The van der Waals surface area contributed by atoms with Crippen LogP contribution in [0.1, 0.15) is 25.0 Å². The summed E-state index contributed by atoms with van der Waals surface area (Å²) in [5.41, 5.74) is 2.19. The van der Waals surface area contributed by atoms with E-state index in [0.717, 1.165) is 11.7 Å². The van der Waals surface area contributed by atoms with E-state index in [1.54, 1.807) is 14.2 Å². The van der Waals surface area contributed by atoms with Gasteiger partial charge in [-0.15, -0.1) is 24.0 Å². The van der Waals surface area contributed by atoms with E-state index in [1.807, 2.05) is 26.0 Å². The van der Waals surface area contributed by atoms with Crippen LogP contribution in [-0.2, 0) is 4.74 Å². The number of guanidine groups is 1. The number of aryl methyl sites for hydroxylation is 2. The molecule has 0 amide bonds. The van der Waals surface area contributed by atoms with Crippen molar-refractivity contribution in [2.45, 2.75) is 33.3 Å². The van der Waals surface area contributed by atoms with E-state index >= 15 is 0 Å². The molecule has 0 radical (unpaired) electrons. The SMILES string of the molecule is CN=C(NCCOc1cc(C)cc(C)c1)NCC(C)(C)OC.I. The lowest BCUT2D eigenvalue weighted by Crippen LogP contribution is -2.46. The van der Waals surface area contributed by atoms with E-state index in [9.17, 15) is 0 Å². The molecule has 23 heavy (non-hydrogen) atoms. The van der Waals surface area contributed by atoms with E-state index in [-0.39, 0.29) is 29.6 Å². The highest BCUT2D eigenvalue weighted by atomic mass is 127. The summed E-state index contributed by atoms with van der Waals surface area (Å²) in [6.45, 7) is 10.1. The molecule has 0 saturated heterocycles. The first kappa shape index (κ1) is 22.0. The maximum absolute atomic E-state index is 5.76. The molecule has 132 valence electrons. The predicted molar refractivity (Wildman–Crippen MR) is 107 cm³/mol. The van der Waals surface area contributed by atoms with Gasteiger partial charge in [-0.3, -0.25) is 4.99 Å². The molecule has 0 atom stereocenters. The van der Waals surface area contributed by atoms with Gasteiger partial charge in [-0.2, -0.15) is 0 Å². The minimum Gasteiger partial charge on any atom is -0.492 e. The van der Waals surface area contributed by atoms with Gasteiger partial charge in [-0.25, -0.2) is 0 Å². The molecule has 0 aliphatic rings. The number of benzene rings is 1. The highest BCUT2D eigenvalue weighted by molar-refractivity contribution is 14.0. The van der Waals surface area contributed by atoms with Crippen LogP contribution in [0.15, 0.2) is 23.2 Å². The summed E-state index contributed by atoms with van der Waals surface area (Å²) in [5, 5.41) is 6.46. The van der Waals surface area contributed by atoms with E-state index in [4.69, 9.17) is 9.47 Å². The number of aliphatic imine (C=N–C) groups is 1. The van der Waals surface area contributed by atoms with Crippen LogP contribution in [0.3, 0.4) is 0 Å². The van der Waals surface area contributed by atoms with Gasteiger partial charge in [0.25, 0.3) is 0 Å². The molecule has 0 fully saturated rings. The van der Waals surface area contributed by atoms with Crippen molar-refractivity contribution in [1.82, 2.24) is 10.6 Å². The fourth-order valence-electron chi connectivity index (χ4n) is 1.94. The number of nitrogens with one attached hydrogen (secondary N) is 2. The summed E-state index contributed by atoms with van der Waals surface area (Å²) in [5.74, 6) is 1.65. The van der Waals surface area contributed by atoms with Gasteiger partial charge in [-0.1, -0.05) is 6.07 Å². The minimum absolute atomic E-state index is 0. The first-order valence-corrected chi connectivity index (χ1v) is 7.57. The van der Waals surface area contributed by atoms with Crippen LogP contribution in [-0.4, -0.2) is 45.4 Å². The topological polar surface area (TPSA) is 54.9 Å². The third-order valence-corrected chi connectivity index (χ3v) is 3.32. The van der Waals surface area contributed by atoms with Crippen molar-refractivity contribution in [1.29, 1.82) is 0 Å². The fourth-order valence-corrected chi connectivity index (χ4v) is 1.94. The number of hydrogen-bond acceptors (Lipinski definition) is 3. The zero-order valence-electron chi connectivity index (χ0n) is 15.0. The van der Waals surface area contributed by atoms with Gasteiger partial charge in [0.2, 0.25) is 0 Å². The molecular weight excluding hydrogens is 405 g/mol. The molecule has 6 heteroatoms. The molecule has 0 bridgehead atoms. The Morgan fingerprint density at radius 3 is 2.26 bits per heavy atom. The Morgan fingerprint density at radius 1 is 1.13 bits per heavy atom. The predicted octanol–water partition coefficient (Wildman–Crippen LogP) is 2.89. The summed E-state index contributed by atoms with van der Waals surface area (Å²) >= 11 is 0. The lowest BCUT2D eigenvalue weighted by molar-refractivity contribution is 0.0268. The second-order valence-electron chi connectivity index (χ2n) is 5.99. The van der Waals surface area contributed by atoms with Crippen LogP contribution in [0.4, 0.5) is 0 Å². The summed E-state index contributed by atoms with van der Waals surface area (Å²) in [6.07, 6.45) is 0. The summed E-state index contributed by atoms with van der Waals surface area (Å²) in [4.78, 5) is 4.18. The average molecular weight is 435 g/mol. The van der Waals surface area contributed by atoms with Gasteiger partial charge in [0.05, 0.1) is 12.1 Å². The van der Waals surface area contributed by atoms with E-state index in [0.29, 0.717) is 19.7 Å². The molecule has 0 unspecified atom stereocenters. The van der Waals surface area contributed by atoms with Crippen molar-refractivity contribution >= 4 is 29.9 Å². The third-order valence-electron chi connectivity index (χ3n) is 3.32. The van der Waals surface area contributed by atoms with Crippen molar-refractivity contribution < 1.29 is 9.47 Å². The first-order chi connectivity index (χ1) is 10.4. The lowest BCUT2D eigenvalue weighted by atomic mass is 10.1. The molecule has 0 aliphatic heterocycles. The van der Waals surface area contributed by atoms with Crippen LogP contribution in [0.25, 0.3) is 0 Å². The molecule has 5 nitrogen and oxygen atoms in total. The van der Waals surface area contributed by atoms with Crippen LogP contribution >= 0.6 is 24.0 Å².